The van der Waals surface area contributed by atoms with E-state index in [4.69, 9.17) is 0 Å². The zero-order valence-corrected chi connectivity index (χ0v) is 15.8. The SMILES string of the molecule is Cc1nc(C)n(CCCNC(=O)C2(c3ccccc3)CC23CCCC3)n1. The Morgan fingerprint density at radius 2 is 1.92 bits per heavy atom. The van der Waals surface area contributed by atoms with Crippen LogP contribution in [0.4, 0.5) is 0 Å². The second kappa shape index (κ2) is 6.53. The molecule has 0 saturated heterocycles. The van der Waals surface area contributed by atoms with E-state index in [1.807, 2.05) is 24.6 Å². The molecule has 0 radical (unpaired) electrons. The number of rotatable bonds is 6. The van der Waals surface area contributed by atoms with Crippen molar-refractivity contribution in [3.8, 4) is 0 Å². The van der Waals surface area contributed by atoms with Crippen LogP contribution in [-0.4, -0.2) is 27.2 Å². The van der Waals surface area contributed by atoms with Crippen LogP contribution in [0.2, 0.25) is 0 Å². The van der Waals surface area contributed by atoms with Crippen LogP contribution in [-0.2, 0) is 16.8 Å². The number of nitrogens with one attached hydrogen (secondary N) is 1. The molecule has 1 aromatic heterocycles. The van der Waals surface area contributed by atoms with Crippen LogP contribution >= 0.6 is 0 Å². The summed E-state index contributed by atoms with van der Waals surface area (Å²) < 4.78 is 1.92. The molecule has 2 saturated carbocycles. The van der Waals surface area contributed by atoms with Crippen LogP contribution in [0.15, 0.2) is 30.3 Å². The van der Waals surface area contributed by atoms with Crippen molar-refractivity contribution in [2.45, 2.75) is 64.3 Å². The molecule has 5 nitrogen and oxygen atoms in total. The molecule has 1 spiro atoms. The molecule has 1 unspecified atom stereocenters. The monoisotopic (exact) mass is 352 g/mol. The predicted octanol–water partition coefficient (Wildman–Crippen LogP) is 3.30. The highest BCUT2D eigenvalue weighted by atomic mass is 16.2. The molecule has 5 heteroatoms. The van der Waals surface area contributed by atoms with Gasteiger partial charge in [0, 0.05) is 13.1 Å². The van der Waals surface area contributed by atoms with E-state index in [1.54, 1.807) is 0 Å². The lowest BCUT2D eigenvalue weighted by Crippen LogP contribution is -2.39. The number of hydrogen-bond acceptors (Lipinski definition) is 3. The summed E-state index contributed by atoms with van der Waals surface area (Å²) in [6, 6.07) is 10.4. The lowest BCUT2D eigenvalue weighted by atomic mass is 9.84. The van der Waals surface area contributed by atoms with Gasteiger partial charge in [-0.2, -0.15) is 5.10 Å². The Balaban J connectivity index is 1.41. The van der Waals surface area contributed by atoms with Crippen molar-refractivity contribution in [2.75, 3.05) is 6.54 Å². The fourth-order valence-corrected chi connectivity index (χ4v) is 5.06. The minimum Gasteiger partial charge on any atom is -0.355 e. The van der Waals surface area contributed by atoms with Crippen molar-refractivity contribution in [3.05, 3.63) is 47.5 Å². The molecule has 1 heterocycles. The maximum Gasteiger partial charge on any atom is 0.231 e. The van der Waals surface area contributed by atoms with Crippen molar-refractivity contribution in [3.63, 3.8) is 0 Å². The molecule has 2 aliphatic rings. The Labute approximate surface area is 155 Å². The Morgan fingerprint density at radius 3 is 2.58 bits per heavy atom. The van der Waals surface area contributed by atoms with Crippen molar-refractivity contribution in [1.82, 2.24) is 20.1 Å². The van der Waals surface area contributed by atoms with Gasteiger partial charge >= 0.3 is 0 Å². The number of aryl methyl sites for hydroxylation is 3. The lowest BCUT2D eigenvalue weighted by molar-refractivity contribution is -0.124. The lowest BCUT2D eigenvalue weighted by Gasteiger charge is -2.22. The first-order valence-electron chi connectivity index (χ1n) is 9.79. The zero-order valence-electron chi connectivity index (χ0n) is 15.8. The molecule has 2 fully saturated rings. The first-order chi connectivity index (χ1) is 12.6. The number of aromatic nitrogens is 3. The maximum absolute atomic E-state index is 13.2. The Kier molecular flexibility index (Phi) is 4.33. The molecule has 2 aliphatic carbocycles. The molecule has 1 amide bonds. The van der Waals surface area contributed by atoms with Crippen molar-refractivity contribution in [1.29, 1.82) is 0 Å². The molecule has 0 aliphatic heterocycles. The van der Waals surface area contributed by atoms with Crippen LogP contribution in [0.1, 0.15) is 55.7 Å². The van der Waals surface area contributed by atoms with Gasteiger partial charge in [0.05, 0.1) is 5.41 Å². The average molecular weight is 352 g/mol. The topological polar surface area (TPSA) is 59.8 Å². The third kappa shape index (κ3) is 2.74. The first-order valence-corrected chi connectivity index (χ1v) is 9.79. The highest BCUT2D eigenvalue weighted by Crippen LogP contribution is 2.72. The minimum absolute atomic E-state index is 0.206. The van der Waals surface area contributed by atoms with E-state index in [-0.39, 0.29) is 16.7 Å². The number of carbonyl (C=O) groups is 1. The van der Waals surface area contributed by atoms with Crippen molar-refractivity contribution in [2.24, 2.45) is 5.41 Å². The van der Waals surface area contributed by atoms with E-state index < -0.39 is 0 Å². The van der Waals surface area contributed by atoms with Crippen LogP contribution in [0.5, 0.6) is 0 Å². The van der Waals surface area contributed by atoms with Crippen molar-refractivity contribution < 1.29 is 4.79 Å². The Hall–Kier alpha value is -2.17. The van der Waals surface area contributed by atoms with E-state index in [1.165, 1.54) is 31.2 Å². The number of carbonyl (C=O) groups excluding carboxylic acids is 1. The standard InChI is InChI=1S/C21H28N4O/c1-16-23-17(2)25(24-16)14-8-13-22-19(26)21(18-9-4-3-5-10-18)15-20(21)11-6-7-12-20/h3-5,9-10H,6-8,11-15H2,1-2H3,(H,22,26). The quantitative estimate of drug-likeness (QED) is 0.812. The summed E-state index contributed by atoms with van der Waals surface area (Å²) in [5.41, 5.74) is 1.10. The Morgan fingerprint density at radius 1 is 1.19 bits per heavy atom. The summed E-state index contributed by atoms with van der Waals surface area (Å²) in [6.07, 6.45) is 6.77. The third-order valence-corrected chi connectivity index (χ3v) is 6.39. The van der Waals surface area contributed by atoms with Crippen LogP contribution < -0.4 is 5.32 Å². The number of nitrogens with zero attached hydrogens (tertiary/aromatic N) is 3. The fraction of sp³-hybridized carbons (Fsp3) is 0.571. The molecule has 1 atom stereocenters. The number of amides is 1. The van der Waals surface area contributed by atoms with E-state index in [0.717, 1.165) is 31.0 Å². The molecular formula is C21H28N4O. The van der Waals surface area contributed by atoms with Gasteiger partial charge in [0.25, 0.3) is 0 Å². The van der Waals surface area contributed by atoms with Gasteiger partial charge in [-0.05, 0) is 50.5 Å². The van der Waals surface area contributed by atoms with Gasteiger partial charge in [-0.1, -0.05) is 43.2 Å². The maximum atomic E-state index is 13.2. The van der Waals surface area contributed by atoms with Gasteiger partial charge in [0.2, 0.25) is 5.91 Å². The van der Waals surface area contributed by atoms with Gasteiger partial charge in [-0.25, -0.2) is 4.98 Å². The molecular weight excluding hydrogens is 324 g/mol. The number of hydrogen-bond donors (Lipinski definition) is 1. The highest BCUT2D eigenvalue weighted by Gasteiger charge is 2.72. The Bertz CT molecular complexity index is 792. The van der Waals surface area contributed by atoms with Crippen molar-refractivity contribution >= 4 is 5.91 Å². The molecule has 138 valence electrons. The minimum atomic E-state index is -0.301. The van der Waals surface area contributed by atoms with E-state index in [9.17, 15) is 4.79 Å². The summed E-state index contributed by atoms with van der Waals surface area (Å²) in [4.78, 5) is 17.6. The van der Waals surface area contributed by atoms with Crippen LogP contribution in [0, 0.1) is 19.3 Å². The summed E-state index contributed by atoms with van der Waals surface area (Å²) in [5, 5.41) is 7.62. The van der Waals surface area contributed by atoms with E-state index in [0.29, 0.717) is 6.54 Å². The summed E-state index contributed by atoms with van der Waals surface area (Å²) in [7, 11) is 0. The molecule has 1 N–H and O–H groups in total. The second-order valence-electron chi connectivity index (χ2n) is 7.97. The molecule has 0 bridgehead atoms. The van der Waals surface area contributed by atoms with Gasteiger partial charge in [-0.3, -0.25) is 9.48 Å². The summed E-state index contributed by atoms with van der Waals surface area (Å²) >= 11 is 0. The highest BCUT2D eigenvalue weighted by molar-refractivity contribution is 5.93. The fourth-order valence-electron chi connectivity index (χ4n) is 5.06. The normalized spacial score (nSPS) is 23.3. The van der Waals surface area contributed by atoms with Crippen LogP contribution in [0.25, 0.3) is 0 Å². The van der Waals surface area contributed by atoms with Gasteiger partial charge in [-0.15, -0.1) is 0 Å². The van der Waals surface area contributed by atoms with E-state index in [2.05, 4.69) is 39.7 Å². The average Bonchev–Trinajstić information content (AvgIpc) is 2.87. The van der Waals surface area contributed by atoms with Crippen LogP contribution in [0.3, 0.4) is 0 Å². The predicted molar refractivity (Wildman–Crippen MR) is 101 cm³/mol. The summed E-state index contributed by atoms with van der Waals surface area (Å²) in [5.74, 6) is 1.95. The third-order valence-electron chi connectivity index (χ3n) is 6.39. The van der Waals surface area contributed by atoms with Gasteiger partial charge in [0.15, 0.2) is 0 Å². The first kappa shape index (κ1) is 17.3. The summed E-state index contributed by atoms with van der Waals surface area (Å²) in [6.45, 7) is 5.35. The molecule has 26 heavy (non-hydrogen) atoms. The van der Waals surface area contributed by atoms with E-state index >= 15 is 0 Å². The molecule has 1 aromatic carbocycles. The zero-order chi connectivity index (χ0) is 18.2. The largest absolute Gasteiger partial charge is 0.355 e. The second-order valence-corrected chi connectivity index (χ2v) is 7.97. The van der Waals surface area contributed by atoms with Gasteiger partial charge < -0.3 is 5.32 Å². The molecule has 4 rings (SSSR count). The van der Waals surface area contributed by atoms with Gasteiger partial charge in [0.1, 0.15) is 11.6 Å². The molecule has 2 aromatic rings. The number of benzene rings is 1. The smallest absolute Gasteiger partial charge is 0.231 e.